The molecule has 33 heavy (non-hydrogen) atoms. The number of pyridine rings is 1. The first-order valence-electron chi connectivity index (χ1n) is 9.91. The number of halogens is 1. The van der Waals surface area contributed by atoms with Crippen molar-refractivity contribution in [2.24, 2.45) is 0 Å². The van der Waals surface area contributed by atoms with Gasteiger partial charge in [0.1, 0.15) is 5.75 Å². The summed E-state index contributed by atoms with van der Waals surface area (Å²) in [7, 11) is -1.26. The molecule has 0 bridgehead atoms. The van der Waals surface area contributed by atoms with Crippen molar-refractivity contribution in [1.82, 2.24) is 19.0 Å². The maximum Gasteiger partial charge on any atom is 0.303 e. The molecule has 0 spiro atoms. The molecule has 0 atom stereocenters. The Balaban J connectivity index is 1.82. The predicted molar refractivity (Wildman–Crippen MR) is 128 cm³/mol. The van der Waals surface area contributed by atoms with Crippen LogP contribution in [0.3, 0.4) is 0 Å². The van der Waals surface area contributed by atoms with E-state index >= 15 is 0 Å². The van der Waals surface area contributed by atoms with Crippen LogP contribution < -0.4 is 9.46 Å². The molecule has 0 unspecified atom stereocenters. The number of benzene rings is 2. The molecule has 0 aliphatic rings. The van der Waals surface area contributed by atoms with Crippen molar-refractivity contribution in [2.75, 3.05) is 14.1 Å². The Bertz CT molecular complexity index is 1450. The molecule has 2 aromatic carbocycles. The molecule has 8 nitrogen and oxygen atoms in total. The number of rotatable bonds is 6. The Morgan fingerprint density at radius 2 is 1.94 bits per heavy atom. The highest BCUT2D eigenvalue weighted by atomic mass is 35.5. The monoisotopic (exact) mass is 484 g/mol. The Hall–Kier alpha value is -3.40. The van der Waals surface area contributed by atoms with Gasteiger partial charge in [0.25, 0.3) is 5.91 Å². The fourth-order valence-corrected chi connectivity index (χ4v) is 4.06. The van der Waals surface area contributed by atoms with Crippen LogP contribution in [-0.4, -0.2) is 42.7 Å². The van der Waals surface area contributed by atoms with Crippen LogP contribution in [0.1, 0.15) is 15.9 Å². The quantitative estimate of drug-likeness (QED) is 0.418. The van der Waals surface area contributed by atoms with Crippen molar-refractivity contribution in [3.05, 3.63) is 77.1 Å². The number of fused-ring (bicyclic) bond motifs is 1. The minimum Gasteiger partial charge on any atom is -0.437 e. The molecular formula is C23H21ClN4O4S. The lowest BCUT2D eigenvalue weighted by Crippen LogP contribution is -2.39. The Kier molecular flexibility index (Phi) is 6.11. The minimum absolute atomic E-state index is 0.229. The summed E-state index contributed by atoms with van der Waals surface area (Å²) < 4.78 is 33.3. The van der Waals surface area contributed by atoms with Crippen molar-refractivity contribution in [2.45, 2.75) is 6.92 Å². The summed E-state index contributed by atoms with van der Waals surface area (Å²) >= 11 is 6.35. The SMILES string of the molecule is Cc1c(C(=O)NS(=O)(=O)N(C)C)cc(-c2ccc(Cl)c(Oc3ccccn3)c2)c2cc[nH]c12. The number of hydrogen-bond acceptors (Lipinski definition) is 5. The Labute approximate surface area is 196 Å². The van der Waals surface area contributed by atoms with Crippen molar-refractivity contribution < 1.29 is 17.9 Å². The minimum atomic E-state index is -3.95. The molecule has 4 aromatic rings. The van der Waals surface area contributed by atoms with Gasteiger partial charge in [-0.15, -0.1) is 0 Å². The predicted octanol–water partition coefficient (Wildman–Crippen LogP) is 4.52. The van der Waals surface area contributed by atoms with E-state index < -0.39 is 16.1 Å². The molecule has 0 radical (unpaired) electrons. The van der Waals surface area contributed by atoms with E-state index in [1.165, 1.54) is 14.1 Å². The molecule has 0 aliphatic carbocycles. The van der Waals surface area contributed by atoms with E-state index in [9.17, 15) is 13.2 Å². The number of nitrogens with zero attached hydrogens (tertiary/aromatic N) is 2. The van der Waals surface area contributed by atoms with E-state index in [4.69, 9.17) is 16.3 Å². The summed E-state index contributed by atoms with van der Waals surface area (Å²) in [6.45, 7) is 1.76. The third-order valence-corrected chi connectivity index (χ3v) is 6.86. The number of amides is 1. The van der Waals surface area contributed by atoms with E-state index in [-0.39, 0.29) is 5.56 Å². The second-order valence-electron chi connectivity index (χ2n) is 7.50. The number of aryl methyl sites for hydroxylation is 1. The fourth-order valence-electron chi connectivity index (χ4n) is 3.38. The first kappa shape index (κ1) is 22.8. The van der Waals surface area contributed by atoms with Gasteiger partial charge in [-0.2, -0.15) is 12.7 Å². The third kappa shape index (κ3) is 4.56. The lowest BCUT2D eigenvalue weighted by atomic mass is 9.95. The van der Waals surface area contributed by atoms with Crippen LogP contribution in [0, 0.1) is 6.92 Å². The third-order valence-electron chi connectivity index (χ3n) is 5.15. The van der Waals surface area contributed by atoms with Crippen molar-refractivity contribution in [3.8, 4) is 22.8 Å². The topological polar surface area (TPSA) is 104 Å². The van der Waals surface area contributed by atoms with Gasteiger partial charge in [0.05, 0.1) is 5.02 Å². The molecule has 0 fully saturated rings. The first-order valence-corrected chi connectivity index (χ1v) is 11.7. The number of H-pyrrole nitrogens is 1. The van der Waals surface area contributed by atoms with E-state index in [1.54, 1.807) is 55.7 Å². The number of nitrogens with one attached hydrogen (secondary N) is 2. The molecule has 2 aromatic heterocycles. The lowest BCUT2D eigenvalue weighted by molar-refractivity contribution is 0.0979. The van der Waals surface area contributed by atoms with Crippen LogP contribution >= 0.6 is 11.6 Å². The lowest BCUT2D eigenvalue weighted by Gasteiger charge is -2.16. The van der Waals surface area contributed by atoms with Crippen LogP contribution in [0.15, 0.2) is 60.9 Å². The molecule has 4 rings (SSSR count). The van der Waals surface area contributed by atoms with Crippen LogP contribution in [0.25, 0.3) is 22.0 Å². The fraction of sp³-hybridized carbons (Fsp3) is 0.130. The van der Waals surface area contributed by atoms with E-state index in [0.717, 1.165) is 20.8 Å². The molecule has 10 heteroatoms. The first-order chi connectivity index (χ1) is 15.7. The standard InChI is InChI=1S/C23H21ClN4O4S/c1-14-17(23(29)27-33(30,31)28(2)3)13-18(16-9-11-26-22(14)16)15-7-8-19(24)20(12-15)32-21-6-4-5-10-25-21/h4-13,26H,1-3H3,(H,27,29). The van der Waals surface area contributed by atoms with Crippen molar-refractivity contribution in [3.63, 3.8) is 0 Å². The van der Waals surface area contributed by atoms with Gasteiger partial charge in [0.2, 0.25) is 5.88 Å². The van der Waals surface area contributed by atoms with E-state index in [2.05, 4.69) is 14.7 Å². The summed E-state index contributed by atoms with van der Waals surface area (Å²) in [4.78, 5) is 20.2. The zero-order valence-corrected chi connectivity index (χ0v) is 19.7. The van der Waals surface area contributed by atoms with Crippen LogP contribution in [-0.2, 0) is 10.2 Å². The van der Waals surface area contributed by atoms with Gasteiger partial charge in [-0.3, -0.25) is 4.79 Å². The molecule has 0 aliphatic heterocycles. The summed E-state index contributed by atoms with van der Waals surface area (Å²) in [5.41, 5.74) is 3.03. The van der Waals surface area contributed by atoms with E-state index in [1.807, 2.05) is 12.1 Å². The van der Waals surface area contributed by atoms with E-state index in [0.29, 0.717) is 27.8 Å². The maximum atomic E-state index is 12.9. The highest BCUT2D eigenvalue weighted by Gasteiger charge is 2.22. The molecule has 1 amide bonds. The second-order valence-corrected chi connectivity index (χ2v) is 9.79. The number of aromatic nitrogens is 2. The molecule has 0 saturated carbocycles. The van der Waals surface area contributed by atoms with Crippen LogP contribution in [0.2, 0.25) is 5.02 Å². The number of hydrogen-bond donors (Lipinski definition) is 2. The maximum absolute atomic E-state index is 12.9. The molecule has 170 valence electrons. The molecule has 0 saturated heterocycles. The summed E-state index contributed by atoms with van der Waals surface area (Å²) in [6.07, 6.45) is 3.38. The summed E-state index contributed by atoms with van der Waals surface area (Å²) in [6, 6.07) is 14.1. The van der Waals surface area contributed by atoms with Gasteiger partial charge >= 0.3 is 10.2 Å². The number of aromatic amines is 1. The smallest absolute Gasteiger partial charge is 0.303 e. The summed E-state index contributed by atoms with van der Waals surface area (Å²) in [5.74, 6) is 0.0670. The largest absolute Gasteiger partial charge is 0.437 e. The van der Waals surface area contributed by atoms with Gasteiger partial charge in [-0.05, 0) is 53.9 Å². The van der Waals surface area contributed by atoms with Gasteiger partial charge in [-0.25, -0.2) is 9.71 Å². The normalized spacial score (nSPS) is 11.7. The van der Waals surface area contributed by atoms with Gasteiger partial charge in [0, 0.05) is 49.0 Å². The number of carbonyl (C=O) groups is 1. The highest BCUT2D eigenvalue weighted by Crippen LogP contribution is 2.37. The average molecular weight is 485 g/mol. The molecule has 2 heterocycles. The van der Waals surface area contributed by atoms with Crippen LogP contribution in [0.4, 0.5) is 0 Å². The highest BCUT2D eigenvalue weighted by molar-refractivity contribution is 7.87. The molecule has 2 N–H and O–H groups in total. The zero-order chi connectivity index (χ0) is 23.8. The average Bonchev–Trinajstić information content (AvgIpc) is 3.26. The second kappa shape index (κ2) is 8.86. The zero-order valence-electron chi connectivity index (χ0n) is 18.1. The number of ether oxygens (including phenoxy) is 1. The van der Waals surface area contributed by atoms with Crippen molar-refractivity contribution in [1.29, 1.82) is 0 Å². The summed E-state index contributed by atoms with van der Waals surface area (Å²) in [5, 5.41) is 1.27. The molecular weight excluding hydrogens is 464 g/mol. The van der Waals surface area contributed by atoms with Gasteiger partial charge < -0.3 is 9.72 Å². The Morgan fingerprint density at radius 3 is 2.64 bits per heavy atom. The van der Waals surface area contributed by atoms with Gasteiger partial charge in [0.15, 0.2) is 0 Å². The van der Waals surface area contributed by atoms with Gasteiger partial charge in [-0.1, -0.05) is 23.7 Å². The van der Waals surface area contributed by atoms with Crippen molar-refractivity contribution >= 4 is 38.6 Å². The Morgan fingerprint density at radius 1 is 1.15 bits per heavy atom. The van der Waals surface area contributed by atoms with Crippen LogP contribution in [0.5, 0.6) is 11.6 Å². The number of carbonyl (C=O) groups excluding carboxylic acids is 1.